The Labute approximate surface area is 89.9 Å². The van der Waals surface area contributed by atoms with E-state index in [4.69, 9.17) is 5.73 Å². The zero-order valence-corrected chi connectivity index (χ0v) is 9.04. The Morgan fingerprint density at radius 1 is 1.40 bits per heavy atom. The summed E-state index contributed by atoms with van der Waals surface area (Å²) in [5, 5.41) is 0. The molecule has 0 bridgehead atoms. The first-order chi connectivity index (χ1) is 7.20. The topological polar surface area (TPSA) is 29.3 Å². The second kappa shape index (κ2) is 4.29. The van der Waals surface area contributed by atoms with Gasteiger partial charge in [-0.05, 0) is 43.1 Å². The highest BCUT2D eigenvalue weighted by Crippen LogP contribution is 2.27. The molecule has 0 aliphatic heterocycles. The van der Waals surface area contributed by atoms with Gasteiger partial charge in [-0.1, -0.05) is 6.07 Å². The molecule has 1 aromatic carbocycles. The smallest absolute Gasteiger partial charge is 0.123 e. The number of halogens is 1. The molecule has 0 unspecified atom stereocenters. The normalized spacial score (nSPS) is 16.0. The second-order valence-corrected chi connectivity index (χ2v) is 4.26. The SMILES string of the molecule is CN(Cc1ccc(F)cc1CN)C1CC1. The van der Waals surface area contributed by atoms with Gasteiger partial charge in [0.15, 0.2) is 0 Å². The van der Waals surface area contributed by atoms with E-state index in [1.54, 1.807) is 0 Å². The van der Waals surface area contributed by atoms with Crippen LogP contribution in [0.2, 0.25) is 0 Å². The molecule has 1 aromatic rings. The Morgan fingerprint density at radius 2 is 2.13 bits per heavy atom. The number of rotatable bonds is 4. The molecule has 0 heterocycles. The van der Waals surface area contributed by atoms with Crippen LogP contribution in [0, 0.1) is 5.82 Å². The molecule has 0 saturated heterocycles. The molecular weight excluding hydrogens is 191 g/mol. The molecule has 1 aliphatic rings. The van der Waals surface area contributed by atoms with E-state index in [9.17, 15) is 4.39 Å². The molecule has 0 aromatic heterocycles. The summed E-state index contributed by atoms with van der Waals surface area (Å²) >= 11 is 0. The van der Waals surface area contributed by atoms with Crippen LogP contribution in [0.1, 0.15) is 24.0 Å². The third kappa shape index (κ3) is 2.55. The minimum absolute atomic E-state index is 0.201. The van der Waals surface area contributed by atoms with Crippen LogP contribution in [-0.2, 0) is 13.1 Å². The molecule has 0 spiro atoms. The largest absolute Gasteiger partial charge is 0.326 e. The van der Waals surface area contributed by atoms with E-state index >= 15 is 0 Å². The Balaban J connectivity index is 2.11. The lowest BCUT2D eigenvalue weighted by Crippen LogP contribution is -2.21. The molecule has 0 radical (unpaired) electrons. The van der Waals surface area contributed by atoms with E-state index in [2.05, 4.69) is 11.9 Å². The number of nitrogens with zero attached hydrogens (tertiary/aromatic N) is 1. The molecule has 2 N–H and O–H groups in total. The summed E-state index contributed by atoms with van der Waals surface area (Å²) in [6, 6.07) is 5.61. The first-order valence-electron chi connectivity index (χ1n) is 5.38. The van der Waals surface area contributed by atoms with Crippen molar-refractivity contribution in [3.05, 3.63) is 35.1 Å². The molecule has 1 aliphatic carbocycles. The average Bonchev–Trinajstić information content (AvgIpc) is 3.04. The average molecular weight is 208 g/mol. The van der Waals surface area contributed by atoms with Gasteiger partial charge >= 0.3 is 0 Å². The molecule has 2 rings (SSSR count). The van der Waals surface area contributed by atoms with Crippen LogP contribution in [0.3, 0.4) is 0 Å². The molecule has 1 saturated carbocycles. The minimum Gasteiger partial charge on any atom is -0.326 e. The van der Waals surface area contributed by atoms with Gasteiger partial charge in [-0.15, -0.1) is 0 Å². The zero-order chi connectivity index (χ0) is 10.8. The van der Waals surface area contributed by atoms with Crippen molar-refractivity contribution >= 4 is 0 Å². The van der Waals surface area contributed by atoms with E-state index in [0.717, 1.165) is 23.7 Å². The maximum Gasteiger partial charge on any atom is 0.123 e. The highest BCUT2D eigenvalue weighted by atomic mass is 19.1. The number of hydrogen-bond donors (Lipinski definition) is 1. The maximum absolute atomic E-state index is 13.0. The van der Waals surface area contributed by atoms with Crippen molar-refractivity contribution in [2.45, 2.75) is 32.0 Å². The van der Waals surface area contributed by atoms with E-state index in [1.165, 1.54) is 25.0 Å². The lowest BCUT2D eigenvalue weighted by molar-refractivity contribution is 0.315. The van der Waals surface area contributed by atoms with Crippen LogP contribution < -0.4 is 5.73 Å². The van der Waals surface area contributed by atoms with Crippen molar-refractivity contribution < 1.29 is 4.39 Å². The van der Waals surface area contributed by atoms with E-state index in [1.807, 2.05) is 6.07 Å². The van der Waals surface area contributed by atoms with E-state index in [0.29, 0.717) is 6.54 Å². The van der Waals surface area contributed by atoms with Crippen molar-refractivity contribution in [2.75, 3.05) is 7.05 Å². The van der Waals surface area contributed by atoms with Crippen LogP contribution in [-0.4, -0.2) is 18.0 Å². The van der Waals surface area contributed by atoms with Gasteiger partial charge in [0.1, 0.15) is 5.82 Å². The van der Waals surface area contributed by atoms with E-state index in [-0.39, 0.29) is 5.82 Å². The molecule has 15 heavy (non-hydrogen) atoms. The number of benzene rings is 1. The Kier molecular flexibility index (Phi) is 3.03. The highest BCUT2D eigenvalue weighted by molar-refractivity contribution is 5.27. The quantitative estimate of drug-likeness (QED) is 0.818. The molecule has 0 amide bonds. The Bertz CT molecular complexity index is 347. The van der Waals surface area contributed by atoms with Crippen LogP contribution in [0.4, 0.5) is 4.39 Å². The highest BCUT2D eigenvalue weighted by Gasteiger charge is 2.26. The molecule has 2 nitrogen and oxygen atoms in total. The molecule has 3 heteroatoms. The number of hydrogen-bond acceptors (Lipinski definition) is 2. The second-order valence-electron chi connectivity index (χ2n) is 4.26. The van der Waals surface area contributed by atoms with Gasteiger partial charge in [0.05, 0.1) is 0 Å². The third-order valence-corrected chi connectivity index (χ3v) is 2.98. The first-order valence-corrected chi connectivity index (χ1v) is 5.38. The van der Waals surface area contributed by atoms with Crippen LogP contribution in [0.25, 0.3) is 0 Å². The summed E-state index contributed by atoms with van der Waals surface area (Å²) in [5.74, 6) is -0.201. The first kappa shape index (κ1) is 10.6. The van der Waals surface area contributed by atoms with Crippen molar-refractivity contribution in [3.63, 3.8) is 0 Å². The summed E-state index contributed by atoms with van der Waals surface area (Å²) in [7, 11) is 2.11. The van der Waals surface area contributed by atoms with Gasteiger partial charge in [-0.2, -0.15) is 0 Å². The Hall–Kier alpha value is -0.930. The standard InChI is InChI=1S/C12H17FN2/c1-15(12-4-5-12)8-9-2-3-11(13)6-10(9)7-14/h2-3,6,12H,4-5,7-8,14H2,1H3. The molecule has 1 fully saturated rings. The predicted molar refractivity (Wildman–Crippen MR) is 58.8 cm³/mol. The Morgan fingerprint density at radius 3 is 2.73 bits per heavy atom. The van der Waals surface area contributed by atoms with Crippen molar-refractivity contribution in [2.24, 2.45) is 5.73 Å². The van der Waals surface area contributed by atoms with Gasteiger partial charge in [0.25, 0.3) is 0 Å². The fraction of sp³-hybridized carbons (Fsp3) is 0.500. The minimum atomic E-state index is -0.201. The monoisotopic (exact) mass is 208 g/mol. The molecule has 0 atom stereocenters. The third-order valence-electron chi connectivity index (χ3n) is 2.98. The van der Waals surface area contributed by atoms with Crippen molar-refractivity contribution in [1.29, 1.82) is 0 Å². The van der Waals surface area contributed by atoms with Crippen LogP contribution >= 0.6 is 0 Å². The summed E-state index contributed by atoms with van der Waals surface area (Å²) in [4.78, 5) is 2.31. The number of nitrogens with two attached hydrogens (primary N) is 1. The summed E-state index contributed by atoms with van der Waals surface area (Å²) < 4.78 is 13.0. The fourth-order valence-corrected chi connectivity index (χ4v) is 1.85. The van der Waals surface area contributed by atoms with Crippen LogP contribution in [0.15, 0.2) is 18.2 Å². The van der Waals surface area contributed by atoms with Crippen molar-refractivity contribution in [3.8, 4) is 0 Å². The van der Waals surface area contributed by atoms with Crippen molar-refractivity contribution in [1.82, 2.24) is 4.90 Å². The summed E-state index contributed by atoms with van der Waals surface area (Å²) in [6.45, 7) is 1.28. The lowest BCUT2D eigenvalue weighted by atomic mass is 10.1. The zero-order valence-electron chi connectivity index (χ0n) is 9.04. The maximum atomic E-state index is 13.0. The molecule has 82 valence electrons. The molecular formula is C12H17FN2. The van der Waals surface area contributed by atoms with Gasteiger partial charge in [0.2, 0.25) is 0 Å². The summed E-state index contributed by atoms with van der Waals surface area (Å²) in [5.41, 5.74) is 7.67. The predicted octanol–water partition coefficient (Wildman–Crippen LogP) is 1.88. The van der Waals surface area contributed by atoms with Gasteiger partial charge in [-0.25, -0.2) is 4.39 Å². The van der Waals surface area contributed by atoms with Gasteiger partial charge < -0.3 is 5.73 Å². The summed E-state index contributed by atoms with van der Waals surface area (Å²) in [6.07, 6.45) is 2.57. The van der Waals surface area contributed by atoms with E-state index < -0.39 is 0 Å². The van der Waals surface area contributed by atoms with Gasteiger partial charge in [-0.3, -0.25) is 4.90 Å². The fourth-order valence-electron chi connectivity index (χ4n) is 1.85. The van der Waals surface area contributed by atoms with Crippen LogP contribution in [0.5, 0.6) is 0 Å². The lowest BCUT2D eigenvalue weighted by Gasteiger charge is -2.17. The van der Waals surface area contributed by atoms with Gasteiger partial charge in [0, 0.05) is 19.1 Å².